The van der Waals surface area contributed by atoms with Crippen LogP contribution in [0, 0.1) is 11.8 Å². The first-order valence-electron chi connectivity index (χ1n) is 10.6. The molecule has 2 unspecified atom stereocenters. The van der Waals surface area contributed by atoms with E-state index in [1.165, 1.54) is 5.48 Å². The van der Waals surface area contributed by atoms with E-state index in [9.17, 15) is 14.4 Å². The summed E-state index contributed by atoms with van der Waals surface area (Å²) >= 11 is 0. The van der Waals surface area contributed by atoms with Gasteiger partial charge in [-0.1, -0.05) is 18.8 Å². The lowest BCUT2D eigenvalue weighted by atomic mass is 10.1. The van der Waals surface area contributed by atoms with Gasteiger partial charge in [-0.3, -0.25) is 19.6 Å². The lowest BCUT2D eigenvalue weighted by Crippen LogP contribution is -2.54. The van der Waals surface area contributed by atoms with Crippen LogP contribution in [0.2, 0.25) is 0 Å². The van der Waals surface area contributed by atoms with Gasteiger partial charge >= 0.3 is 0 Å². The first kappa shape index (κ1) is 25.5. The number of anilines is 1. The van der Waals surface area contributed by atoms with Crippen molar-refractivity contribution in [3.63, 3.8) is 0 Å². The lowest BCUT2D eigenvalue weighted by Gasteiger charge is -2.20. The Bertz CT molecular complexity index is 1010. The zero-order valence-electron chi connectivity index (χ0n) is 18.6. The maximum atomic E-state index is 12.4. The van der Waals surface area contributed by atoms with Crippen LogP contribution in [0.4, 0.5) is 5.69 Å². The number of hydroxylamine groups is 1. The Morgan fingerprint density at radius 1 is 1.00 bits per heavy atom. The predicted octanol–water partition coefficient (Wildman–Crippen LogP) is 0.976. The second-order valence-electron chi connectivity index (χ2n) is 7.42. The van der Waals surface area contributed by atoms with Crippen LogP contribution in [0.5, 0.6) is 0 Å². The van der Waals surface area contributed by atoms with E-state index >= 15 is 0 Å². The molecule has 0 aromatic heterocycles. The lowest BCUT2D eigenvalue weighted by molar-refractivity contribution is -0.131. The van der Waals surface area contributed by atoms with Crippen molar-refractivity contribution in [1.82, 2.24) is 16.1 Å². The molecule has 0 saturated heterocycles. The summed E-state index contributed by atoms with van der Waals surface area (Å²) in [5.41, 5.74) is 9.67. The van der Waals surface area contributed by atoms with E-state index in [0.717, 1.165) is 18.5 Å². The van der Waals surface area contributed by atoms with Gasteiger partial charge in [-0.2, -0.15) is 0 Å². The fourth-order valence-corrected chi connectivity index (χ4v) is 2.80. The molecule has 0 aliphatic heterocycles. The van der Waals surface area contributed by atoms with Crippen molar-refractivity contribution in [2.75, 3.05) is 18.4 Å². The van der Waals surface area contributed by atoms with Gasteiger partial charge in [0.1, 0.15) is 6.04 Å². The molecule has 0 spiro atoms. The normalized spacial score (nSPS) is 12.0. The number of carbonyl (C=O) groups is 3. The van der Waals surface area contributed by atoms with Crippen molar-refractivity contribution in [2.45, 2.75) is 32.4 Å². The van der Waals surface area contributed by atoms with Gasteiger partial charge in [0.25, 0.3) is 11.8 Å². The third-order valence-electron chi connectivity index (χ3n) is 4.58. The van der Waals surface area contributed by atoms with Crippen LogP contribution >= 0.6 is 0 Å². The number of carbonyl (C=O) groups excluding carboxylic acids is 3. The number of nitrogens with two attached hydrogens (primary N) is 1. The second-order valence-corrected chi connectivity index (χ2v) is 7.42. The van der Waals surface area contributed by atoms with Gasteiger partial charge in [-0.25, -0.2) is 5.48 Å². The zero-order valence-corrected chi connectivity index (χ0v) is 18.6. The average molecular weight is 452 g/mol. The van der Waals surface area contributed by atoms with Gasteiger partial charge in [-0.15, -0.1) is 0 Å². The number of benzene rings is 2. The molecule has 9 nitrogen and oxygen atoms in total. The van der Waals surface area contributed by atoms with E-state index in [4.69, 9.17) is 10.9 Å². The van der Waals surface area contributed by atoms with Crippen molar-refractivity contribution >= 4 is 23.4 Å². The summed E-state index contributed by atoms with van der Waals surface area (Å²) in [5.74, 6) is 4.65. The Morgan fingerprint density at radius 3 is 2.09 bits per heavy atom. The molecule has 2 rings (SSSR count). The molecular formula is C24H29N5O4. The van der Waals surface area contributed by atoms with E-state index in [-0.39, 0.29) is 12.5 Å². The van der Waals surface area contributed by atoms with Crippen LogP contribution in [0.25, 0.3) is 0 Å². The van der Waals surface area contributed by atoms with E-state index in [1.807, 2.05) is 19.1 Å². The number of hydrogen-bond acceptors (Lipinski definition) is 6. The van der Waals surface area contributed by atoms with Crippen molar-refractivity contribution in [2.24, 2.45) is 5.73 Å². The van der Waals surface area contributed by atoms with Crippen LogP contribution in [0.1, 0.15) is 41.8 Å². The quantitative estimate of drug-likeness (QED) is 0.145. The first-order chi connectivity index (χ1) is 15.8. The molecule has 174 valence electrons. The fourth-order valence-electron chi connectivity index (χ4n) is 2.80. The summed E-state index contributed by atoms with van der Waals surface area (Å²) in [6.45, 7) is 4.64. The summed E-state index contributed by atoms with van der Waals surface area (Å²) in [6.07, 6.45) is 0.966. The molecule has 2 aromatic carbocycles. The largest absolute Gasteiger partial charge is 0.339 e. The third-order valence-corrected chi connectivity index (χ3v) is 4.58. The third kappa shape index (κ3) is 8.38. The topological polar surface area (TPSA) is 146 Å². The van der Waals surface area contributed by atoms with Gasteiger partial charge in [-0.05, 0) is 68.4 Å². The zero-order chi connectivity index (χ0) is 24.2. The van der Waals surface area contributed by atoms with E-state index in [1.54, 1.807) is 43.3 Å². The number of hydrogen-bond donors (Lipinski definition) is 6. The molecule has 0 bridgehead atoms. The highest BCUT2D eigenvalue weighted by molar-refractivity contribution is 5.97. The molecule has 0 aliphatic rings. The summed E-state index contributed by atoms with van der Waals surface area (Å²) in [7, 11) is 0. The number of amides is 3. The predicted molar refractivity (Wildman–Crippen MR) is 125 cm³/mol. The van der Waals surface area contributed by atoms with Crippen LogP contribution in [0.15, 0.2) is 48.5 Å². The van der Waals surface area contributed by atoms with Gasteiger partial charge < -0.3 is 21.7 Å². The molecule has 0 aliphatic carbocycles. The minimum atomic E-state index is -1.07. The van der Waals surface area contributed by atoms with E-state index < -0.39 is 23.9 Å². The smallest absolute Gasteiger partial charge is 0.267 e. The highest BCUT2D eigenvalue weighted by Crippen LogP contribution is 2.09. The molecular weight excluding hydrogens is 422 g/mol. The Hall–Kier alpha value is -3.71. The standard InChI is InChI=1S/C24H29N5O4/c1-3-14-26-15-21(30)27-20-12-8-18(9-13-20)5-4-17-6-10-19(11-7-17)23(31)28-22(16(2)25)24(32)29-33/h6-13,16,22,26,33H,3,14-15,25H2,1-2H3,(H,27,30)(H,28,31)(H,29,32). The molecule has 0 fully saturated rings. The average Bonchev–Trinajstić information content (AvgIpc) is 2.81. The summed E-state index contributed by atoms with van der Waals surface area (Å²) in [4.78, 5) is 35.8. The Labute approximate surface area is 193 Å². The van der Waals surface area contributed by atoms with Crippen LogP contribution in [-0.4, -0.2) is 48.1 Å². The molecule has 33 heavy (non-hydrogen) atoms. The highest BCUT2D eigenvalue weighted by atomic mass is 16.5. The molecule has 0 radical (unpaired) electrons. The summed E-state index contributed by atoms with van der Waals surface area (Å²) < 4.78 is 0. The molecule has 2 atom stereocenters. The summed E-state index contributed by atoms with van der Waals surface area (Å²) in [5, 5.41) is 17.1. The van der Waals surface area contributed by atoms with E-state index in [2.05, 4.69) is 27.8 Å². The maximum Gasteiger partial charge on any atom is 0.267 e. The highest BCUT2D eigenvalue weighted by Gasteiger charge is 2.24. The first-order valence-corrected chi connectivity index (χ1v) is 10.6. The summed E-state index contributed by atoms with van der Waals surface area (Å²) in [6, 6.07) is 12.0. The van der Waals surface area contributed by atoms with Crippen LogP contribution in [0.3, 0.4) is 0 Å². The van der Waals surface area contributed by atoms with Crippen LogP contribution < -0.4 is 27.2 Å². The van der Waals surface area contributed by atoms with Crippen molar-refractivity contribution < 1.29 is 19.6 Å². The Kier molecular flexibility index (Phi) is 10.0. The Morgan fingerprint density at radius 2 is 1.58 bits per heavy atom. The molecule has 3 amide bonds. The molecule has 0 heterocycles. The molecule has 2 aromatic rings. The minimum absolute atomic E-state index is 0.101. The second kappa shape index (κ2) is 13.0. The van der Waals surface area contributed by atoms with Crippen molar-refractivity contribution in [1.29, 1.82) is 0 Å². The molecule has 9 heteroatoms. The van der Waals surface area contributed by atoms with Gasteiger partial charge in [0.2, 0.25) is 5.91 Å². The number of rotatable bonds is 9. The maximum absolute atomic E-state index is 12.4. The Balaban J connectivity index is 1.96. The van der Waals surface area contributed by atoms with Crippen molar-refractivity contribution in [3.05, 3.63) is 65.2 Å². The molecule has 7 N–H and O–H groups in total. The van der Waals surface area contributed by atoms with Gasteiger partial charge in [0.05, 0.1) is 6.54 Å². The molecule has 0 saturated carbocycles. The van der Waals surface area contributed by atoms with Crippen LogP contribution in [-0.2, 0) is 9.59 Å². The SMILES string of the molecule is CCCNCC(=O)Nc1ccc(C#Cc2ccc(C(=O)NC(C(=O)NO)C(C)N)cc2)cc1. The minimum Gasteiger partial charge on any atom is -0.339 e. The van der Waals surface area contributed by atoms with E-state index in [0.29, 0.717) is 16.8 Å². The van der Waals surface area contributed by atoms with Gasteiger partial charge in [0.15, 0.2) is 0 Å². The van der Waals surface area contributed by atoms with Crippen molar-refractivity contribution in [3.8, 4) is 11.8 Å². The monoisotopic (exact) mass is 451 g/mol. The number of nitrogens with one attached hydrogen (secondary N) is 4. The fraction of sp³-hybridized carbons (Fsp3) is 0.292. The van der Waals surface area contributed by atoms with Gasteiger partial charge in [0, 0.05) is 28.4 Å².